The van der Waals surface area contributed by atoms with Crippen LogP contribution in [0.4, 0.5) is 0 Å². The maximum absolute atomic E-state index is 12.8. The van der Waals surface area contributed by atoms with E-state index in [1.165, 1.54) is 19.3 Å². The average Bonchev–Trinajstić information content (AvgIpc) is 2.87. The molecule has 0 aromatic carbocycles. The van der Waals surface area contributed by atoms with E-state index in [-0.39, 0.29) is 30.2 Å². The molecule has 2 fully saturated rings. The minimum absolute atomic E-state index is 0. The Morgan fingerprint density at radius 3 is 2.48 bits per heavy atom. The molecule has 0 aromatic rings. The first-order valence-electron chi connectivity index (χ1n) is 8.72. The highest BCUT2D eigenvalue weighted by Crippen LogP contribution is 2.43. The fraction of sp³-hybridized carbons (Fsp3) is 0.941. The molecule has 1 aliphatic heterocycles. The monoisotopic (exact) mass is 367 g/mol. The molecule has 1 saturated carbocycles. The number of nitrogens with one attached hydrogen (secondary N) is 2. The van der Waals surface area contributed by atoms with Gasteiger partial charge in [0.05, 0.1) is 5.41 Å². The van der Waals surface area contributed by atoms with E-state index in [0.29, 0.717) is 23.9 Å². The van der Waals surface area contributed by atoms with E-state index in [1.54, 1.807) is 0 Å². The number of amides is 1. The number of hydrogen-bond acceptors (Lipinski definition) is 3. The largest absolute Gasteiger partial charge is 0.354 e. The Balaban J connectivity index is 0.00000242. The highest BCUT2D eigenvalue weighted by Gasteiger charge is 2.49. The SMILES string of the molecule is CC(C)N(CCNC(=O)[C@@]12CCCC[C@H]1CNC2)C(C)C.Cl.Cl. The summed E-state index contributed by atoms with van der Waals surface area (Å²) in [4.78, 5) is 15.2. The van der Waals surface area contributed by atoms with Gasteiger partial charge in [-0.2, -0.15) is 0 Å². The van der Waals surface area contributed by atoms with Crippen molar-refractivity contribution in [1.29, 1.82) is 0 Å². The Morgan fingerprint density at radius 1 is 1.22 bits per heavy atom. The molecule has 0 spiro atoms. The molecule has 23 heavy (non-hydrogen) atoms. The molecule has 6 heteroatoms. The lowest BCUT2D eigenvalue weighted by atomic mass is 9.67. The second-order valence-electron chi connectivity index (χ2n) is 7.41. The summed E-state index contributed by atoms with van der Waals surface area (Å²) < 4.78 is 0. The van der Waals surface area contributed by atoms with E-state index in [2.05, 4.69) is 43.2 Å². The molecule has 1 aliphatic carbocycles. The van der Waals surface area contributed by atoms with E-state index >= 15 is 0 Å². The number of carbonyl (C=O) groups excluding carboxylic acids is 1. The number of rotatable bonds is 6. The number of nitrogens with zero attached hydrogens (tertiary/aromatic N) is 1. The first kappa shape index (κ1) is 23.0. The zero-order chi connectivity index (χ0) is 15.5. The lowest BCUT2D eigenvalue weighted by Gasteiger charge is -2.37. The van der Waals surface area contributed by atoms with Crippen LogP contribution in [-0.2, 0) is 4.79 Å². The van der Waals surface area contributed by atoms with Gasteiger partial charge in [-0.3, -0.25) is 9.69 Å². The van der Waals surface area contributed by atoms with Gasteiger partial charge in [-0.25, -0.2) is 0 Å². The highest BCUT2D eigenvalue weighted by molar-refractivity contribution is 5.85. The van der Waals surface area contributed by atoms with Crippen LogP contribution in [0.25, 0.3) is 0 Å². The predicted octanol–water partition coefficient (Wildman–Crippen LogP) is 2.84. The van der Waals surface area contributed by atoms with E-state index in [0.717, 1.165) is 32.6 Å². The lowest BCUT2D eigenvalue weighted by Crippen LogP contribution is -2.50. The van der Waals surface area contributed by atoms with Gasteiger partial charge >= 0.3 is 0 Å². The Morgan fingerprint density at radius 2 is 1.87 bits per heavy atom. The number of halogens is 2. The Bertz CT molecular complexity index is 358. The van der Waals surface area contributed by atoms with Crippen molar-refractivity contribution in [3.63, 3.8) is 0 Å². The Labute approximate surface area is 154 Å². The molecule has 4 nitrogen and oxygen atoms in total. The molecular formula is C17H35Cl2N3O. The molecule has 0 bridgehead atoms. The summed E-state index contributed by atoms with van der Waals surface area (Å²) in [7, 11) is 0. The van der Waals surface area contributed by atoms with Crippen LogP contribution in [0.2, 0.25) is 0 Å². The van der Waals surface area contributed by atoms with Gasteiger partial charge < -0.3 is 10.6 Å². The van der Waals surface area contributed by atoms with Gasteiger partial charge in [-0.15, -0.1) is 24.8 Å². The van der Waals surface area contributed by atoms with Crippen LogP contribution in [-0.4, -0.2) is 49.1 Å². The minimum Gasteiger partial charge on any atom is -0.354 e. The summed E-state index contributed by atoms with van der Waals surface area (Å²) in [6.45, 7) is 12.5. The number of carbonyl (C=O) groups is 1. The van der Waals surface area contributed by atoms with Crippen LogP contribution >= 0.6 is 24.8 Å². The standard InChI is InChI=1S/C17H33N3O.2ClH/c1-13(2)20(14(3)4)10-9-19-16(21)17-8-6-5-7-15(17)11-18-12-17;;/h13-15,18H,5-12H2,1-4H3,(H,19,21);2*1H/t15-,17+;;/m0../s1. The molecule has 1 saturated heterocycles. The predicted molar refractivity (Wildman–Crippen MR) is 102 cm³/mol. The second kappa shape index (κ2) is 10.1. The normalized spacial score (nSPS) is 26.7. The van der Waals surface area contributed by atoms with Crippen LogP contribution in [0.1, 0.15) is 53.4 Å². The summed E-state index contributed by atoms with van der Waals surface area (Å²) in [5, 5.41) is 6.68. The quantitative estimate of drug-likeness (QED) is 0.758. The molecule has 2 rings (SSSR count). The summed E-state index contributed by atoms with van der Waals surface area (Å²) in [5.41, 5.74) is -0.112. The number of hydrogen-bond donors (Lipinski definition) is 2. The fourth-order valence-electron chi connectivity index (χ4n) is 4.28. The summed E-state index contributed by atoms with van der Waals surface area (Å²) in [6.07, 6.45) is 4.77. The first-order chi connectivity index (χ1) is 9.97. The molecule has 2 atom stereocenters. The van der Waals surface area contributed by atoms with Gasteiger partial charge in [-0.1, -0.05) is 12.8 Å². The van der Waals surface area contributed by atoms with E-state index in [4.69, 9.17) is 0 Å². The molecule has 0 unspecified atom stereocenters. The molecule has 0 radical (unpaired) electrons. The first-order valence-corrected chi connectivity index (χ1v) is 8.72. The van der Waals surface area contributed by atoms with Crippen molar-refractivity contribution >= 4 is 30.7 Å². The van der Waals surface area contributed by atoms with Crippen LogP contribution in [0.5, 0.6) is 0 Å². The number of fused-ring (bicyclic) bond motifs is 1. The third kappa shape index (κ3) is 5.22. The van der Waals surface area contributed by atoms with Gasteiger partial charge in [0, 0.05) is 31.7 Å². The average molecular weight is 368 g/mol. The fourth-order valence-corrected chi connectivity index (χ4v) is 4.28. The van der Waals surface area contributed by atoms with Crippen molar-refractivity contribution in [3.8, 4) is 0 Å². The highest BCUT2D eigenvalue weighted by atomic mass is 35.5. The van der Waals surface area contributed by atoms with Gasteiger partial charge in [0.1, 0.15) is 0 Å². The molecule has 0 aromatic heterocycles. The topological polar surface area (TPSA) is 44.4 Å². The second-order valence-corrected chi connectivity index (χ2v) is 7.41. The van der Waals surface area contributed by atoms with Crippen molar-refractivity contribution in [3.05, 3.63) is 0 Å². The van der Waals surface area contributed by atoms with Crippen molar-refractivity contribution in [2.75, 3.05) is 26.2 Å². The van der Waals surface area contributed by atoms with Gasteiger partial charge in [-0.05, 0) is 53.0 Å². The Kier molecular flexibility index (Phi) is 10.1. The Hall–Kier alpha value is -0.0300. The van der Waals surface area contributed by atoms with Crippen LogP contribution in [0.3, 0.4) is 0 Å². The zero-order valence-electron chi connectivity index (χ0n) is 15.1. The van der Waals surface area contributed by atoms with Gasteiger partial charge in [0.25, 0.3) is 0 Å². The van der Waals surface area contributed by atoms with Gasteiger partial charge in [0.2, 0.25) is 5.91 Å². The summed E-state index contributed by atoms with van der Waals surface area (Å²) in [5.74, 6) is 0.849. The lowest BCUT2D eigenvalue weighted by molar-refractivity contribution is -0.134. The van der Waals surface area contributed by atoms with E-state index in [1.807, 2.05) is 0 Å². The zero-order valence-corrected chi connectivity index (χ0v) is 16.7. The van der Waals surface area contributed by atoms with Crippen LogP contribution in [0.15, 0.2) is 0 Å². The third-order valence-corrected chi connectivity index (χ3v) is 5.47. The van der Waals surface area contributed by atoms with Crippen molar-refractivity contribution < 1.29 is 4.79 Å². The van der Waals surface area contributed by atoms with E-state index < -0.39 is 0 Å². The van der Waals surface area contributed by atoms with Crippen molar-refractivity contribution in [2.45, 2.75) is 65.5 Å². The smallest absolute Gasteiger partial charge is 0.227 e. The van der Waals surface area contributed by atoms with Crippen molar-refractivity contribution in [2.24, 2.45) is 11.3 Å². The maximum atomic E-state index is 12.8. The third-order valence-electron chi connectivity index (χ3n) is 5.47. The maximum Gasteiger partial charge on any atom is 0.227 e. The molecule has 2 aliphatic rings. The summed E-state index contributed by atoms with van der Waals surface area (Å²) >= 11 is 0. The van der Waals surface area contributed by atoms with Crippen LogP contribution < -0.4 is 10.6 Å². The van der Waals surface area contributed by atoms with E-state index in [9.17, 15) is 4.79 Å². The minimum atomic E-state index is -0.112. The van der Waals surface area contributed by atoms with Crippen molar-refractivity contribution in [1.82, 2.24) is 15.5 Å². The van der Waals surface area contributed by atoms with Crippen LogP contribution in [0, 0.1) is 11.3 Å². The molecule has 138 valence electrons. The summed E-state index contributed by atoms with van der Waals surface area (Å²) in [6, 6.07) is 1.05. The molecule has 2 N–H and O–H groups in total. The molecule has 1 amide bonds. The molecule has 1 heterocycles. The van der Waals surface area contributed by atoms with Gasteiger partial charge in [0.15, 0.2) is 0 Å². The molecular weight excluding hydrogens is 333 g/mol.